The van der Waals surface area contributed by atoms with E-state index in [1.807, 2.05) is 72.8 Å². The summed E-state index contributed by atoms with van der Waals surface area (Å²) in [6.07, 6.45) is 0.547. The van der Waals surface area contributed by atoms with Crippen molar-refractivity contribution in [2.75, 3.05) is 19.5 Å². The van der Waals surface area contributed by atoms with Crippen molar-refractivity contribution in [1.82, 2.24) is 4.98 Å². The molecule has 4 rings (SSSR count). The Balaban J connectivity index is 1.63. The number of benzene rings is 3. The maximum absolute atomic E-state index is 13.3. The quantitative estimate of drug-likeness (QED) is 0.444. The number of thiazole rings is 1. The lowest BCUT2D eigenvalue weighted by Gasteiger charge is -2.15. The molecule has 4 aromatic rings. The Kier molecular flexibility index (Phi) is 5.95. The van der Waals surface area contributed by atoms with Crippen molar-refractivity contribution in [2.24, 2.45) is 0 Å². The molecule has 0 saturated carbocycles. The van der Waals surface area contributed by atoms with Gasteiger partial charge in [0.25, 0.3) is 0 Å². The summed E-state index contributed by atoms with van der Waals surface area (Å²) < 4.78 is 11.5. The highest BCUT2D eigenvalue weighted by atomic mass is 32.1. The molecule has 1 amide bonds. The van der Waals surface area contributed by atoms with E-state index in [9.17, 15) is 4.79 Å². The fourth-order valence-corrected chi connectivity index (χ4v) is 4.30. The van der Waals surface area contributed by atoms with Gasteiger partial charge in [-0.25, -0.2) is 4.98 Å². The first-order chi connectivity index (χ1) is 14.7. The van der Waals surface area contributed by atoms with Crippen molar-refractivity contribution < 1.29 is 14.3 Å². The lowest BCUT2D eigenvalue weighted by molar-refractivity contribution is -0.117. The molecule has 1 N–H and O–H groups in total. The number of fused-ring (bicyclic) bond motifs is 1. The number of hydrogen-bond donors (Lipinski definition) is 1. The van der Waals surface area contributed by atoms with Gasteiger partial charge < -0.3 is 14.8 Å². The molecule has 1 aromatic heterocycles. The van der Waals surface area contributed by atoms with Crippen LogP contribution in [-0.2, 0) is 11.2 Å². The minimum absolute atomic E-state index is 0.0879. The smallest absolute Gasteiger partial charge is 0.234 e. The van der Waals surface area contributed by atoms with E-state index in [0.29, 0.717) is 6.42 Å². The third-order valence-corrected chi connectivity index (χ3v) is 6.03. The third kappa shape index (κ3) is 4.44. The Bertz CT molecular complexity index is 1100. The third-order valence-electron chi connectivity index (χ3n) is 4.88. The van der Waals surface area contributed by atoms with Gasteiger partial charge in [-0.15, -0.1) is 11.3 Å². The summed E-state index contributed by atoms with van der Waals surface area (Å²) in [5.74, 6) is 1.04. The molecule has 6 heteroatoms. The number of carbonyl (C=O) groups excluding carboxylic acids is 1. The average molecular weight is 419 g/mol. The number of aromatic nitrogens is 1. The van der Waals surface area contributed by atoms with Gasteiger partial charge in [0.15, 0.2) is 0 Å². The van der Waals surface area contributed by atoms with Gasteiger partial charge in [0.1, 0.15) is 16.5 Å². The number of carbonyl (C=O) groups is 1. The first-order valence-electron chi connectivity index (χ1n) is 9.59. The van der Waals surface area contributed by atoms with Gasteiger partial charge in [-0.05, 0) is 60.5 Å². The standard InChI is InChI=1S/C24H22N2O3S/c1-28-18-11-7-16(8-12-18)15-20(24-26-21-5-3-4-6-22(21)30-24)23(27)25-17-9-13-19(29-2)14-10-17/h3-14,20H,15H2,1-2H3,(H,25,27)/t20-/m0/s1. The van der Waals surface area contributed by atoms with E-state index in [1.165, 1.54) is 0 Å². The Hall–Kier alpha value is -3.38. The monoisotopic (exact) mass is 418 g/mol. The number of amides is 1. The van der Waals surface area contributed by atoms with Crippen LogP contribution in [0.5, 0.6) is 11.5 Å². The molecular weight excluding hydrogens is 396 g/mol. The van der Waals surface area contributed by atoms with Crippen molar-refractivity contribution >= 4 is 33.1 Å². The fraction of sp³-hybridized carbons (Fsp3) is 0.167. The summed E-state index contributed by atoms with van der Waals surface area (Å²) >= 11 is 1.56. The number of para-hydroxylation sites is 1. The van der Waals surface area contributed by atoms with Crippen LogP contribution < -0.4 is 14.8 Å². The van der Waals surface area contributed by atoms with E-state index in [4.69, 9.17) is 14.5 Å². The molecule has 0 unspecified atom stereocenters. The van der Waals surface area contributed by atoms with Crippen molar-refractivity contribution in [3.8, 4) is 11.5 Å². The van der Waals surface area contributed by atoms with Gasteiger partial charge in [-0.3, -0.25) is 4.79 Å². The van der Waals surface area contributed by atoms with Crippen LogP contribution in [-0.4, -0.2) is 25.1 Å². The molecule has 0 aliphatic carbocycles. The highest BCUT2D eigenvalue weighted by molar-refractivity contribution is 7.18. The second kappa shape index (κ2) is 8.97. The van der Waals surface area contributed by atoms with Gasteiger partial charge in [0, 0.05) is 5.69 Å². The van der Waals surface area contributed by atoms with Crippen molar-refractivity contribution in [3.63, 3.8) is 0 Å². The maximum Gasteiger partial charge on any atom is 0.234 e. The molecule has 3 aromatic carbocycles. The lowest BCUT2D eigenvalue weighted by Crippen LogP contribution is -2.23. The van der Waals surface area contributed by atoms with Gasteiger partial charge in [0.05, 0.1) is 30.4 Å². The highest BCUT2D eigenvalue weighted by Gasteiger charge is 2.25. The molecule has 1 atom stereocenters. The summed E-state index contributed by atoms with van der Waals surface area (Å²) in [5.41, 5.74) is 2.68. The number of anilines is 1. The zero-order valence-corrected chi connectivity index (χ0v) is 17.6. The number of methoxy groups -OCH3 is 2. The molecular formula is C24H22N2O3S. The van der Waals surface area contributed by atoms with Crippen LogP contribution >= 0.6 is 11.3 Å². The van der Waals surface area contributed by atoms with Crippen LogP contribution in [0.15, 0.2) is 72.8 Å². The molecule has 0 spiro atoms. The van der Waals surface area contributed by atoms with E-state index >= 15 is 0 Å². The van der Waals surface area contributed by atoms with E-state index in [0.717, 1.165) is 38.0 Å². The SMILES string of the molecule is COc1ccc(C[C@@H](C(=O)Nc2ccc(OC)cc2)c2nc3ccccc3s2)cc1. The molecule has 5 nitrogen and oxygen atoms in total. The van der Waals surface area contributed by atoms with E-state index in [2.05, 4.69) is 5.32 Å². The van der Waals surface area contributed by atoms with E-state index in [1.54, 1.807) is 25.6 Å². The normalized spacial score (nSPS) is 11.8. The molecule has 0 fully saturated rings. The van der Waals surface area contributed by atoms with E-state index < -0.39 is 5.92 Å². The number of rotatable bonds is 7. The zero-order valence-electron chi connectivity index (χ0n) is 16.8. The summed E-state index contributed by atoms with van der Waals surface area (Å²) in [5, 5.41) is 3.83. The van der Waals surface area contributed by atoms with Gasteiger partial charge >= 0.3 is 0 Å². The molecule has 1 heterocycles. The highest BCUT2D eigenvalue weighted by Crippen LogP contribution is 2.31. The summed E-state index contributed by atoms with van der Waals surface area (Å²) in [4.78, 5) is 18.0. The van der Waals surface area contributed by atoms with Gasteiger partial charge in [0.2, 0.25) is 5.91 Å². The van der Waals surface area contributed by atoms with Crippen LogP contribution in [0.2, 0.25) is 0 Å². The van der Waals surface area contributed by atoms with Crippen LogP contribution in [0, 0.1) is 0 Å². The Morgan fingerprint density at radius 2 is 1.57 bits per heavy atom. The molecule has 0 bridgehead atoms. The molecule has 30 heavy (non-hydrogen) atoms. The molecule has 0 radical (unpaired) electrons. The first kappa shape index (κ1) is 19.9. The van der Waals surface area contributed by atoms with Crippen molar-refractivity contribution in [3.05, 3.63) is 83.4 Å². The van der Waals surface area contributed by atoms with Crippen LogP contribution in [0.25, 0.3) is 10.2 Å². The summed E-state index contributed by atoms with van der Waals surface area (Å²) in [6, 6.07) is 23.1. The average Bonchev–Trinajstić information content (AvgIpc) is 3.22. The molecule has 0 saturated heterocycles. The predicted octanol–water partition coefficient (Wildman–Crippen LogP) is 5.28. The molecule has 0 aliphatic rings. The topological polar surface area (TPSA) is 60.5 Å². The Morgan fingerprint density at radius 1 is 0.933 bits per heavy atom. The number of hydrogen-bond acceptors (Lipinski definition) is 5. The lowest BCUT2D eigenvalue weighted by atomic mass is 9.98. The molecule has 152 valence electrons. The van der Waals surface area contributed by atoms with Gasteiger partial charge in [-0.2, -0.15) is 0 Å². The van der Waals surface area contributed by atoms with Gasteiger partial charge in [-0.1, -0.05) is 24.3 Å². The van der Waals surface area contributed by atoms with Crippen molar-refractivity contribution in [2.45, 2.75) is 12.3 Å². The van der Waals surface area contributed by atoms with Crippen LogP contribution in [0.4, 0.5) is 5.69 Å². The number of nitrogens with zero attached hydrogens (tertiary/aromatic N) is 1. The second-order valence-electron chi connectivity index (χ2n) is 6.84. The van der Waals surface area contributed by atoms with E-state index in [-0.39, 0.29) is 5.91 Å². The minimum Gasteiger partial charge on any atom is -0.497 e. The van der Waals surface area contributed by atoms with Crippen molar-refractivity contribution in [1.29, 1.82) is 0 Å². The van der Waals surface area contributed by atoms with Crippen LogP contribution in [0.1, 0.15) is 16.5 Å². The largest absolute Gasteiger partial charge is 0.497 e. The second-order valence-corrected chi connectivity index (χ2v) is 7.90. The number of ether oxygens (including phenoxy) is 2. The first-order valence-corrected chi connectivity index (χ1v) is 10.4. The summed E-state index contributed by atoms with van der Waals surface area (Å²) in [6.45, 7) is 0. The summed E-state index contributed by atoms with van der Waals surface area (Å²) in [7, 11) is 3.26. The minimum atomic E-state index is -0.405. The Morgan fingerprint density at radius 3 is 2.20 bits per heavy atom. The zero-order chi connectivity index (χ0) is 20.9. The maximum atomic E-state index is 13.3. The fourth-order valence-electron chi connectivity index (χ4n) is 3.23. The van der Waals surface area contributed by atoms with Crippen LogP contribution in [0.3, 0.4) is 0 Å². The Labute approximate surface area is 179 Å². The predicted molar refractivity (Wildman–Crippen MR) is 121 cm³/mol. The number of nitrogens with one attached hydrogen (secondary N) is 1. The molecule has 0 aliphatic heterocycles.